The number of nitrogen functional groups attached to an aromatic ring is 1. The summed E-state index contributed by atoms with van der Waals surface area (Å²) >= 11 is 0. The minimum atomic E-state index is -0.819. The maximum atomic E-state index is 10.6. The van der Waals surface area contributed by atoms with Gasteiger partial charge in [-0.2, -0.15) is 0 Å². The Morgan fingerprint density at radius 3 is 3.00 bits per heavy atom. The third-order valence-electron chi connectivity index (χ3n) is 2.93. The maximum Gasteiger partial charge on any atom is 0.303 e. The molecule has 1 aliphatic rings. The molecular weight excluding hydrogens is 220 g/mol. The number of aliphatic carboxylic acids is 1. The van der Waals surface area contributed by atoms with Crippen molar-refractivity contribution < 1.29 is 9.90 Å². The van der Waals surface area contributed by atoms with E-state index in [-0.39, 0.29) is 12.4 Å². The van der Waals surface area contributed by atoms with E-state index < -0.39 is 5.97 Å². The van der Waals surface area contributed by atoms with Crippen LogP contribution in [0.2, 0.25) is 0 Å². The van der Waals surface area contributed by atoms with Crippen LogP contribution in [0.15, 0.2) is 0 Å². The van der Waals surface area contributed by atoms with Crippen molar-refractivity contribution in [1.82, 2.24) is 14.9 Å². The fourth-order valence-corrected chi connectivity index (χ4v) is 2.07. The fraction of sp³-hybridized carbons (Fsp3) is 0.545. The number of carbonyl (C=O) groups is 1. The summed E-state index contributed by atoms with van der Waals surface area (Å²) in [6.07, 6.45) is 1.34. The maximum absolute atomic E-state index is 10.6. The number of rotatable bonds is 3. The number of carboxylic acid groups (broad SMARTS) is 1. The quantitative estimate of drug-likeness (QED) is 0.771. The SMILES string of the molecule is CN1CCc2nc(N)nc(CCC(=O)O)c2C1. The van der Waals surface area contributed by atoms with Gasteiger partial charge >= 0.3 is 5.97 Å². The molecule has 1 aliphatic heterocycles. The summed E-state index contributed by atoms with van der Waals surface area (Å²) in [5.74, 6) is -0.575. The monoisotopic (exact) mass is 236 g/mol. The molecule has 6 nitrogen and oxygen atoms in total. The summed E-state index contributed by atoms with van der Waals surface area (Å²) in [6, 6.07) is 0. The first-order chi connectivity index (χ1) is 8.06. The number of carboxylic acids is 1. The third kappa shape index (κ3) is 2.71. The highest BCUT2D eigenvalue weighted by Gasteiger charge is 2.20. The van der Waals surface area contributed by atoms with Crippen LogP contribution in [0, 0.1) is 0 Å². The molecule has 0 saturated heterocycles. The first-order valence-electron chi connectivity index (χ1n) is 5.60. The average Bonchev–Trinajstić information content (AvgIpc) is 2.26. The normalized spacial score (nSPS) is 15.6. The molecular formula is C11H16N4O2. The van der Waals surface area contributed by atoms with Crippen LogP contribution >= 0.6 is 0 Å². The molecule has 0 atom stereocenters. The Hall–Kier alpha value is -1.69. The molecule has 92 valence electrons. The third-order valence-corrected chi connectivity index (χ3v) is 2.93. The molecule has 2 heterocycles. The first-order valence-corrected chi connectivity index (χ1v) is 5.60. The smallest absolute Gasteiger partial charge is 0.303 e. The molecule has 0 fully saturated rings. The van der Waals surface area contributed by atoms with Gasteiger partial charge in [0.25, 0.3) is 0 Å². The number of aryl methyl sites for hydroxylation is 1. The minimum absolute atomic E-state index is 0.0760. The number of anilines is 1. The van der Waals surface area contributed by atoms with Gasteiger partial charge in [0.1, 0.15) is 0 Å². The first kappa shape index (κ1) is 11.8. The second kappa shape index (κ2) is 4.67. The van der Waals surface area contributed by atoms with Gasteiger partial charge in [-0.1, -0.05) is 0 Å². The van der Waals surface area contributed by atoms with Crippen LogP contribution in [-0.4, -0.2) is 39.5 Å². The van der Waals surface area contributed by atoms with Gasteiger partial charge < -0.3 is 15.7 Å². The van der Waals surface area contributed by atoms with E-state index in [4.69, 9.17) is 10.8 Å². The zero-order valence-electron chi connectivity index (χ0n) is 9.81. The van der Waals surface area contributed by atoms with Crippen LogP contribution in [-0.2, 0) is 24.2 Å². The van der Waals surface area contributed by atoms with Crippen LogP contribution in [0.1, 0.15) is 23.4 Å². The van der Waals surface area contributed by atoms with E-state index in [9.17, 15) is 4.79 Å². The largest absolute Gasteiger partial charge is 0.481 e. The van der Waals surface area contributed by atoms with Crippen molar-refractivity contribution in [2.24, 2.45) is 0 Å². The molecule has 0 radical (unpaired) electrons. The molecule has 0 amide bonds. The van der Waals surface area contributed by atoms with Crippen molar-refractivity contribution in [1.29, 1.82) is 0 Å². The number of hydrogen-bond acceptors (Lipinski definition) is 5. The number of nitrogens with two attached hydrogens (primary N) is 1. The molecule has 0 unspecified atom stereocenters. The zero-order valence-corrected chi connectivity index (χ0v) is 9.81. The van der Waals surface area contributed by atoms with Crippen molar-refractivity contribution in [2.75, 3.05) is 19.3 Å². The van der Waals surface area contributed by atoms with Crippen molar-refractivity contribution in [2.45, 2.75) is 25.8 Å². The van der Waals surface area contributed by atoms with Crippen LogP contribution < -0.4 is 5.73 Å². The predicted molar refractivity (Wildman–Crippen MR) is 62.4 cm³/mol. The van der Waals surface area contributed by atoms with Crippen LogP contribution in [0.3, 0.4) is 0 Å². The predicted octanol–water partition coefficient (Wildman–Crippen LogP) is 0.0639. The van der Waals surface area contributed by atoms with Gasteiger partial charge in [0.15, 0.2) is 0 Å². The van der Waals surface area contributed by atoms with Gasteiger partial charge in [0.05, 0.1) is 17.8 Å². The van der Waals surface area contributed by atoms with E-state index >= 15 is 0 Å². The number of likely N-dealkylation sites (N-methyl/N-ethyl adjacent to an activating group) is 1. The van der Waals surface area contributed by atoms with Crippen LogP contribution in [0.4, 0.5) is 5.95 Å². The Morgan fingerprint density at radius 1 is 1.53 bits per heavy atom. The molecule has 17 heavy (non-hydrogen) atoms. The van der Waals surface area contributed by atoms with Gasteiger partial charge in [-0.25, -0.2) is 9.97 Å². The van der Waals surface area contributed by atoms with E-state index in [1.807, 2.05) is 7.05 Å². The topological polar surface area (TPSA) is 92.3 Å². The zero-order chi connectivity index (χ0) is 12.4. The Bertz CT molecular complexity index is 447. The van der Waals surface area contributed by atoms with E-state index in [2.05, 4.69) is 14.9 Å². The molecule has 0 bridgehead atoms. The van der Waals surface area contributed by atoms with E-state index in [1.165, 1.54) is 0 Å². The lowest BCUT2D eigenvalue weighted by atomic mass is 10.0. The Balaban J connectivity index is 2.30. The van der Waals surface area contributed by atoms with Crippen molar-refractivity contribution in [3.8, 4) is 0 Å². The Labute approximate surface area is 99.5 Å². The van der Waals surface area contributed by atoms with Gasteiger partial charge in [-0.05, 0) is 7.05 Å². The van der Waals surface area contributed by atoms with Crippen molar-refractivity contribution in [3.05, 3.63) is 17.0 Å². The van der Waals surface area contributed by atoms with Crippen LogP contribution in [0.5, 0.6) is 0 Å². The summed E-state index contributed by atoms with van der Waals surface area (Å²) in [5, 5.41) is 8.72. The molecule has 0 aliphatic carbocycles. The van der Waals surface area contributed by atoms with Crippen molar-refractivity contribution >= 4 is 11.9 Å². The molecule has 3 N–H and O–H groups in total. The minimum Gasteiger partial charge on any atom is -0.481 e. The summed E-state index contributed by atoms with van der Waals surface area (Å²) in [7, 11) is 2.03. The van der Waals surface area contributed by atoms with Crippen molar-refractivity contribution in [3.63, 3.8) is 0 Å². The van der Waals surface area contributed by atoms with Gasteiger partial charge in [0, 0.05) is 31.5 Å². The number of aromatic nitrogens is 2. The molecule has 6 heteroatoms. The molecule has 1 aromatic heterocycles. The summed E-state index contributed by atoms with van der Waals surface area (Å²) in [5.41, 5.74) is 8.44. The van der Waals surface area contributed by atoms with Gasteiger partial charge in [-0.15, -0.1) is 0 Å². The Kier molecular flexibility index (Phi) is 3.23. The van der Waals surface area contributed by atoms with Crippen LogP contribution in [0.25, 0.3) is 0 Å². The highest BCUT2D eigenvalue weighted by Crippen LogP contribution is 2.21. The molecule has 1 aromatic rings. The van der Waals surface area contributed by atoms with E-state index in [0.29, 0.717) is 6.42 Å². The fourth-order valence-electron chi connectivity index (χ4n) is 2.07. The summed E-state index contributed by atoms with van der Waals surface area (Å²) in [6.45, 7) is 1.71. The second-order valence-electron chi connectivity index (χ2n) is 4.34. The lowest BCUT2D eigenvalue weighted by molar-refractivity contribution is -0.136. The second-order valence-corrected chi connectivity index (χ2v) is 4.34. The summed E-state index contributed by atoms with van der Waals surface area (Å²) in [4.78, 5) is 21.2. The molecule has 2 rings (SSSR count). The number of hydrogen-bond donors (Lipinski definition) is 2. The highest BCUT2D eigenvalue weighted by atomic mass is 16.4. The average molecular weight is 236 g/mol. The molecule has 0 aromatic carbocycles. The van der Waals surface area contributed by atoms with Gasteiger partial charge in [0.2, 0.25) is 5.95 Å². The number of fused-ring (bicyclic) bond motifs is 1. The highest BCUT2D eigenvalue weighted by molar-refractivity contribution is 5.67. The standard InChI is InChI=1S/C11H16N4O2/c1-15-5-4-9-7(6-15)8(2-3-10(16)17)13-11(12)14-9/h2-6H2,1H3,(H,16,17)(H2,12,13,14). The lowest BCUT2D eigenvalue weighted by Crippen LogP contribution is -2.29. The van der Waals surface area contributed by atoms with Gasteiger partial charge in [-0.3, -0.25) is 4.79 Å². The van der Waals surface area contributed by atoms with E-state index in [1.54, 1.807) is 0 Å². The number of nitrogens with zero attached hydrogens (tertiary/aromatic N) is 3. The molecule has 0 spiro atoms. The lowest BCUT2D eigenvalue weighted by Gasteiger charge is -2.25. The Morgan fingerprint density at radius 2 is 2.29 bits per heavy atom. The summed E-state index contributed by atoms with van der Waals surface area (Å²) < 4.78 is 0. The van der Waals surface area contributed by atoms with E-state index in [0.717, 1.165) is 36.5 Å². The molecule has 0 saturated carbocycles.